The zero-order chi connectivity index (χ0) is 17.8. The Bertz CT molecular complexity index is 843. The number of nitrogens with zero attached hydrogens (tertiary/aromatic N) is 4. The molecule has 3 aromatic rings. The van der Waals surface area contributed by atoms with Crippen LogP contribution in [0.3, 0.4) is 0 Å². The summed E-state index contributed by atoms with van der Waals surface area (Å²) >= 11 is 5.56. The monoisotopic (exact) mass is 351 g/mol. The first-order chi connectivity index (χ1) is 12.0. The van der Waals surface area contributed by atoms with E-state index < -0.39 is 0 Å². The molecule has 6 heteroatoms. The molecule has 0 saturated carbocycles. The maximum Gasteiger partial charge on any atom is 0.173 e. The normalized spacial score (nSPS) is 11.8. The SMILES string of the molecule is Cc1cccc(NC(=S)N(C)[C@@H](C)c2ccc(-n3cncn3)cc2)c1. The second-order valence-electron chi connectivity index (χ2n) is 6.02. The van der Waals surface area contributed by atoms with Gasteiger partial charge in [-0.3, -0.25) is 0 Å². The summed E-state index contributed by atoms with van der Waals surface area (Å²) in [4.78, 5) is 6.03. The summed E-state index contributed by atoms with van der Waals surface area (Å²) in [6.07, 6.45) is 3.21. The predicted molar refractivity (Wildman–Crippen MR) is 105 cm³/mol. The molecule has 0 aliphatic rings. The highest BCUT2D eigenvalue weighted by Gasteiger charge is 2.15. The number of thiocarbonyl (C=S) groups is 1. The molecule has 1 aromatic heterocycles. The number of nitrogens with one attached hydrogen (secondary N) is 1. The molecule has 0 saturated heterocycles. The molecule has 25 heavy (non-hydrogen) atoms. The van der Waals surface area contributed by atoms with E-state index >= 15 is 0 Å². The van der Waals surface area contributed by atoms with Crippen LogP contribution in [-0.2, 0) is 0 Å². The van der Waals surface area contributed by atoms with Gasteiger partial charge in [-0.05, 0) is 61.5 Å². The van der Waals surface area contributed by atoms with E-state index in [2.05, 4.69) is 58.4 Å². The summed E-state index contributed by atoms with van der Waals surface area (Å²) in [7, 11) is 2.00. The number of rotatable bonds is 4. The lowest BCUT2D eigenvalue weighted by Gasteiger charge is -2.28. The van der Waals surface area contributed by atoms with Crippen molar-refractivity contribution in [1.82, 2.24) is 19.7 Å². The number of hydrogen-bond donors (Lipinski definition) is 1. The van der Waals surface area contributed by atoms with Crippen molar-refractivity contribution in [2.45, 2.75) is 19.9 Å². The maximum atomic E-state index is 5.56. The average molecular weight is 351 g/mol. The van der Waals surface area contributed by atoms with E-state index in [4.69, 9.17) is 12.2 Å². The third-order valence-corrected chi connectivity index (χ3v) is 4.62. The molecule has 3 rings (SSSR count). The Morgan fingerprint density at radius 3 is 2.60 bits per heavy atom. The van der Waals surface area contributed by atoms with Gasteiger partial charge < -0.3 is 10.2 Å². The molecule has 1 heterocycles. The van der Waals surface area contributed by atoms with Gasteiger partial charge in [-0.1, -0.05) is 24.3 Å². The fourth-order valence-electron chi connectivity index (χ4n) is 2.58. The van der Waals surface area contributed by atoms with Crippen molar-refractivity contribution in [3.63, 3.8) is 0 Å². The molecular weight excluding hydrogens is 330 g/mol. The van der Waals surface area contributed by atoms with Crippen LogP contribution in [0.4, 0.5) is 5.69 Å². The first kappa shape index (κ1) is 17.1. The molecule has 0 unspecified atom stereocenters. The van der Waals surface area contributed by atoms with Crippen LogP contribution in [0, 0.1) is 6.92 Å². The van der Waals surface area contributed by atoms with Gasteiger partial charge >= 0.3 is 0 Å². The van der Waals surface area contributed by atoms with Gasteiger partial charge in [0.05, 0.1) is 11.7 Å². The molecule has 0 bridgehead atoms. The minimum atomic E-state index is 0.148. The lowest BCUT2D eigenvalue weighted by atomic mass is 10.1. The van der Waals surface area contributed by atoms with E-state index in [0.717, 1.165) is 11.4 Å². The number of anilines is 1. The molecule has 0 aliphatic carbocycles. The minimum absolute atomic E-state index is 0.148. The second-order valence-corrected chi connectivity index (χ2v) is 6.40. The third-order valence-electron chi connectivity index (χ3n) is 4.23. The Balaban J connectivity index is 1.69. The van der Waals surface area contributed by atoms with Crippen molar-refractivity contribution in [1.29, 1.82) is 0 Å². The van der Waals surface area contributed by atoms with E-state index in [1.54, 1.807) is 11.0 Å². The number of benzene rings is 2. The smallest absolute Gasteiger partial charge is 0.173 e. The molecular formula is C19H21N5S. The molecule has 0 aliphatic heterocycles. The van der Waals surface area contributed by atoms with E-state index in [1.807, 2.05) is 31.3 Å². The fraction of sp³-hybridized carbons (Fsp3) is 0.211. The number of aromatic nitrogens is 3. The van der Waals surface area contributed by atoms with Crippen LogP contribution in [0.5, 0.6) is 0 Å². The van der Waals surface area contributed by atoms with Crippen LogP contribution in [0.2, 0.25) is 0 Å². The van der Waals surface area contributed by atoms with Crippen molar-refractivity contribution in [2.24, 2.45) is 0 Å². The molecule has 1 atom stereocenters. The summed E-state index contributed by atoms with van der Waals surface area (Å²) in [6.45, 7) is 4.20. The van der Waals surface area contributed by atoms with Crippen molar-refractivity contribution in [3.05, 3.63) is 72.3 Å². The van der Waals surface area contributed by atoms with Crippen molar-refractivity contribution < 1.29 is 0 Å². The van der Waals surface area contributed by atoms with Crippen LogP contribution in [-0.4, -0.2) is 31.8 Å². The van der Waals surface area contributed by atoms with Gasteiger partial charge in [-0.2, -0.15) is 5.10 Å². The van der Waals surface area contributed by atoms with Gasteiger partial charge in [-0.25, -0.2) is 9.67 Å². The lowest BCUT2D eigenvalue weighted by Crippen LogP contribution is -2.33. The maximum absolute atomic E-state index is 5.56. The molecule has 1 N–H and O–H groups in total. The zero-order valence-electron chi connectivity index (χ0n) is 14.5. The Kier molecular flexibility index (Phi) is 5.09. The van der Waals surface area contributed by atoms with E-state index in [9.17, 15) is 0 Å². The summed E-state index contributed by atoms with van der Waals surface area (Å²) in [5.74, 6) is 0. The molecule has 0 fully saturated rings. The highest BCUT2D eigenvalue weighted by Crippen LogP contribution is 2.21. The topological polar surface area (TPSA) is 46.0 Å². The van der Waals surface area contributed by atoms with Gasteiger partial charge in [0.2, 0.25) is 0 Å². The Hall–Kier alpha value is -2.73. The van der Waals surface area contributed by atoms with Crippen molar-refractivity contribution in [2.75, 3.05) is 12.4 Å². The highest BCUT2D eigenvalue weighted by atomic mass is 32.1. The van der Waals surface area contributed by atoms with Crippen LogP contribution in [0.1, 0.15) is 24.1 Å². The summed E-state index contributed by atoms with van der Waals surface area (Å²) < 4.78 is 1.74. The molecule has 5 nitrogen and oxygen atoms in total. The molecule has 2 aromatic carbocycles. The molecule has 0 radical (unpaired) electrons. The summed E-state index contributed by atoms with van der Waals surface area (Å²) in [6, 6.07) is 16.6. The predicted octanol–water partition coefficient (Wildman–Crippen LogP) is 3.97. The van der Waals surface area contributed by atoms with Crippen LogP contribution >= 0.6 is 12.2 Å². The first-order valence-corrected chi connectivity index (χ1v) is 8.51. The Labute approximate surface area is 153 Å². The van der Waals surface area contributed by atoms with Gasteiger partial charge in [0.1, 0.15) is 12.7 Å². The minimum Gasteiger partial charge on any atom is -0.345 e. The Morgan fingerprint density at radius 2 is 1.96 bits per heavy atom. The molecule has 128 valence electrons. The third kappa shape index (κ3) is 4.03. The second kappa shape index (κ2) is 7.44. The van der Waals surface area contributed by atoms with Gasteiger partial charge in [-0.15, -0.1) is 0 Å². The van der Waals surface area contributed by atoms with E-state index in [0.29, 0.717) is 5.11 Å². The van der Waals surface area contributed by atoms with Gasteiger partial charge in [0.25, 0.3) is 0 Å². The number of hydrogen-bond acceptors (Lipinski definition) is 3. The summed E-state index contributed by atoms with van der Waals surface area (Å²) in [5.41, 5.74) is 4.37. The standard InChI is InChI=1S/C19H21N5S/c1-14-5-4-6-17(11-14)22-19(25)23(3)15(2)16-7-9-18(10-8-16)24-13-20-12-21-24/h4-13,15H,1-3H3,(H,22,25)/t15-/m0/s1. The fourth-order valence-corrected chi connectivity index (χ4v) is 2.86. The van der Waals surface area contributed by atoms with E-state index in [1.165, 1.54) is 17.5 Å². The quantitative estimate of drug-likeness (QED) is 0.721. The summed E-state index contributed by atoms with van der Waals surface area (Å²) in [5, 5.41) is 8.14. The highest BCUT2D eigenvalue weighted by molar-refractivity contribution is 7.80. The largest absolute Gasteiger partial charge is 0.345 e. The first-order valence-electron chi connectivity index (χ1n) is 8.10. The van der Waals surface area contributed by atoms with Crippen LogP contribution < -0.4 is 5.32 Å². The van der Waals surface area contributed by atoms with Gasteiger partial charge in [0.15, 0.2) is 5.11 Å². The molecule has 0 amide bonds. The average Bonchev–Trinajstić information content (AvgIpc) is 3.15. The van der Waals surface area contributed by atoms with Crippen molar-refractivity contribution >= 4 is 23.0 Å². The van der Waals surface area contributed by atoms with Crippen molar-refractivity contribution in [3.8, 4) is 5.69 Å². The number of aryl methyl sites for hydroxylation is 1. The van der Waals surface area contributed by atoms with Crippen LogP contribution in [0.15, 0.2) is 61.2 Å². The van der Waals surface area contributed by atoms with Crippen LogP contribution in [0.25, 0.3) is 5.69 Å². The van der Waals surface area contributed by atoms with E-state index in [-0.39, 0.29) is 6.04 Å². The Morgan fingerprint density at radius 1 is 1.20 bits per heavy atom. The zero-order valence-corrected chi connectivity index (χ0v) is 15.4. The molecule has 0 spiro atoms. The lowest BCUT2D eigenvalue weighted by molar-refractivity contribution is 0.408. The van der Waals surface area contributed by atoms with Gasteiger partial charge in [0, 0.05) is 12.7 Å².